The molecule has 27 heavy (non-hydrogen) atoms. The number of ketones is 1. The first-order valence-electron chi connectivity index (χ1n) is 8.07. The molecule has 0 radical (unpaired) electrons. The number of benzene rings is 2. The summed E-state index contributed by atoms with van der Waals surface area (Å²) in [6, 6.07) is 11.4. The number of carbonyl (C=O) groups is 3. The molecule has 2 aromatic carbocycles. The molecule has 8 heteroatoms. The molecule has 1 amide bonds. The highest BCUT2D eigenvalue weighted by molar-refractivity contribution is 6.32. The minimum atomic E-state index is -1.02. The fourth-order valence-corrected chi connectivity index (χ4v) is 2.76. The summed E-state index contributed by atoms with van der Waals surface area (Å²) < 4.78 is 15.5. The number of amides is 1. The minimum Gasteiger partial charge on any atom is -0.495 e. The summed E-state index contributed by atoms with van der Waals surface area (Å²) in [5, 5.41) is 2.94. The van der Waals surface area contributed by atoms with Crippen LogP contribution in [0.1, 0.15) is 16.8 Å². The molecule has 1 aliphatic rings. The lowest BCUT2D eigenvalue weighted by Crippen LogP contribution is -2.39. The van der Waals surface area contributed by atoms with Crippen molar-refractivity contribution in [2.24, 2.45) is 0 Å². The number of para-hydroxylation sites is 2. The van der Waals surface area contributed by atoms with E-state index in [1.807, 2.05) is 0 Å². The summed E-state index contributed by atoms with van der Waals surface area (Å²) in [6.07, 6.45) is -1.32. The Hall–Kier alpha value is -3.06. The highest BCUT2D eigenvalue weighted by Gasteiger charge is 2.30. The Balaban J connectivity index is 1.55. The van der Waals surface area contributed by atoms with Crippen molar-refractivity contribution in [1.82, 2.24) is 0 Å². The largest absolute Gasteiger partial charge is 0.495 e. The van der Waals surface area contributed by atoms with Crippen LogP contribution in [0.4, 0.5) is 5.69 Å². The van der Waals surface area contributed by atoms with E-state index in [9.17, 15) is 14.4 Å². The summed E-state index contributed by atoms with van der Waals surface area (Å²) in [7, 11) is 1.46. The van der Waals surface area contributed by atoms with Gasteiger partial charge in [-0.15, -0.1) is 0 Å². The molecule has 0 saturated carbocycles. The fraction of sp³-hybridized carbons (Fsp3) is 0.211. The first kappa shape index (κ1) is 18.7. The number of Topliss-reactive ketones (excluding diaryl/α,β-unsaturated/α-hetero) is 1. The van der Waals surface area contributed by atoms with Gasteiger partial charge in [0.1, 0.15) is 11.5 Å². The molecule has 0 spiro atoms. The van der Waals surface area contributed by atoms with Gasteiger partial charge in [-0.1, -0.05) is 23.7 Å². The van der Waals surface area contributed by atoms with Gasteiger partial charge in [-0.05, 0) is 30.3 Å². The van der Waals surface area contributed by atoms with Gasteiger partial charge in [-0.3, -0.25) is 14.4 Å². The zero-order valence-corrected chi connectivity index (χ0v) is 15.1. The summed E-state index contributed by atoms with van der Waals surface area (Å²) in [5.41, 5.74) is 0.827. The van der Waals surface area contributed by atoms with Crippen LogP contribution in [0.3, 0.4) is 0 Å². The van der Waals surface area contributed by atoms with Gasteiger partial charge in [0.25, 0.3) is 5.91 Å². The van der Waals surface area contributed by atoms with E-state index in [1.165, 1.54) is 19.2 Å². The van der Waals surface area contributed by atoms with Crippen molar-refractivity contribution in [3.05, 3.63) is 53.1 Å². The molecule has 1 aliphatic heterocycles. The van der Waals surface area contributed by atoms with Crippen LogP contribution in [-0.2, 0) is 14.3 Å². The molecular weight excluding hydrogens is 374 g/mol. The molecule has 2 aromatic rings. The Labute approximate surface area is 160 Å². The molecular formula is C19H16ClNO6. The van der Waals surface area contributed by atoms with Gasteiger partial charge < -0.3 is 19.5 Å². The number of esters is 1. The maximum atomic E-state index is 12.1. The van der Waals surface area contributed by atoms with Gasteiger partial charge in [-0.2, -0.15) is 0 Å². The third kappa shape index (κ3) is 4.38. The molecule has 0 fully saturated rings. The van der Waals surface area contributed by atoms with Crippen molar-refractivity contribution in [1.29, 1.82) is 0 Å². The Morgan fingerprint density at radius 3 is 2.74 bits per heavy atom. The standard InChI is InChI=1S/C19H16ClNO6/c1-25-15-7-6-11(8-12(15)20)14(22)10-26-18(23)9-17-19(24)21-13-4-2-3-5-16(13)27-17/h2-8,17H,9-10H2,1H3,(H,21,24)/t17-/m0/s1. The number of halogens is 1. The van der Waals surface area contributed by atoms with E-state index >= 15 is 0 Å². The number of nitrogens with one attached hydrogen (secondary N) is 1. The summed E-state index contributed by atoms with van der Waals surface area (Å²) in [4.78, 5) is 36.1. The predicted octanol–water partition coefficient (Wildman–Crippen LogP) is 2.86. The van der Waals surface area contributed by atoms with Crippen LogP contribution in [0.15, 0.2) is 42.5 Å². The molecule has 0 bridgehead atoms. The van der Waals surface area contributed by atoms with Crippen LogP contribution in [0.25, 0.3) is 0 Å². The van der Waals surface area contributed by atoms with Crippen LogP contribution < -0.4 is 14.8 Å². The van der Waals surface area contributed by atoms with Crippen molar-refractivity contribution < 1.29 is 28.6 Å². The minimum absolute atomic E-state index is 0.278. The molecule has 0 unspecified atom stereocenters. The molecule has 3 rings (SSSR count). The summed E-state index contributed by atoms with van der Waals surface area (Å²) in [5.74, 6) is -0.682. The van der Waals surface area contributed by atoms with Crippen molar-refractivity contribution in [2.45, 2.75) is 12.5 Å². The van der Waals surface area contributed by atoms with Gasteiger partial charge in [0.05, 0.1) is 24.2 Å². The Bertz CT molecular complexity index is 898. The quantitative estimate of drug-likeness (QED) is 0.603. The normalized spacial score (nSPS) is 15.2. The second-order valence-corrected chi connectivity index (χ2v) is 6.14. The first-order valence-corrected chi connectivity index (χ1v) is 8.44. The lowest BCUT2D eigenvalue weighted by molar-refractivity contribution is -0.146. The van der Waals surface area contributed by atoms with Crippen molar-refractivity contribution in [2.75, 3.05) is 19.0 Å². The zero-order valence-electron chi connectivity index (χ0n) is 14.4. The van der Waals surface area contributed by atoms with Crippen LogP contribution >= 0.6 is 11.6 Å². The van der Waals surface area contributed by atoms with Crippen LogP contribution in [0.2, 0.25) is 5.02 Å². The maximum Gasteiger partial charge on any atom is 0.310 e. The van der Waals surface area contributed by atoms with E-state index in [4.69, 9.17) is 25.8 Å². The highest BCUT2D eigenvalue weighted by atomic mass is 35.5. The van der Waals surface area contributed by atoms with E-state index < -0.39 is 30.4 Å². The highest BCUT2D eigenvalue weighted by Crippen LogP contribution is 2.29. The van der Waals surface area contributed by atoms with Gasteiger partial charge in [0, 0.05) is 5.56 Å². The number of ether oxygens (including phenoxy) is 3. The number of carbonyl (C=O) groups excluding carboxylic acids is 3. The smallest absolute Gasteiger partial charge is 0.310 e. The molecule has 7 nitrogen and oxygen atoms in total. The van der Waals surface area contributed by atoms with Crippen LogP contribution in [0.5, 0.6) is 11.5 Å². The Morgan fingerprint density at radius 2 is 2.00 bits per heavy atom. The topological polar surface area (TPSA) is 90.9 Å². The molecule has 1 atom stereocenters. The molecule has 140 valence electrons. The van der Waals surface area contributed by atoms with Crippen molar-refractivity contribution in [3.8, 4) is 11.5 Å². The van der Waals surface area contributed by atoms with Crippen molar-refractivity contribution in [3.63, 3.8) is 0 Å². The number of methoxy groups -OCH3 is 1. The van der Waals surface area contributed by atoms with Crippen LogP contribution in [0, 0.1) is 0 Å². The van der Waals surface area contributed by atoms with E-state index in [2.05, 4.69) is 5.32 Å². The Morgan fingerprint density at radius 1 is 1.22 bits per heavy atom. The third-order valence-corrected chi connectivity index (χ3v) is 4.19. The molecule has 0 aliphatic carbocycles. The van der Waals surface area contributed by atoms with Gasteiger partial charge in [-0.25, -0.2) is 0 Å². The van der Waals surface area contributed by atoms with E-state index in [1.54, 1.807) is 30.3 Å². The van der Waals surface area contributed by atoms with E-state index in [0.29, 0.717) is 17.2 Å². The predicted molar refractivity (Wildman–Crippen MR) is 97.4 cm³/mol. The van der Waals surface area contributed by atoms with Crippen molar-refractivity contribution >= 4 is 34.9 Å². The van der Waals surface area contributed by atoms with E-state index in [-0.39, 0.29) is 17.0 Å². The number of hydrogen-bond acceptors (Lipinski definition) is 6. The monoisotopic (exact) mass is 389 g/mol. The average molecular weight is 390 g/mol. The van der Waals surface area contributed by atoms with Crippen LogP contribution in [-0.4, -0.2) is 37.5 Å². The average Bonchev–Trinajstić information content (AvgIpc) is 2.66. The number of rotatable bonds is 6. The Kier molecular flexibility index (Phi) is 5.61. The fourth-order valence-electron chi connectivity index (χ4n) is 2.51. The number of anilines is 1. The van der Waals surface area contributed by atoms with Gasteiger partial charge >= 0.3 is 5.97 Å². The van der Waals surface area contributed by atoms with E-state index in [0.717, 1.165) is 0 Å². The summed E-state index contributed by atoms with van der Waals surface area (Å²) in [6.45, 7) is -0.466. The molecule has 0 aromatic heterocycles. The zero-order chi connectivity index (χ0) is 19.4. The number of fused-ring (bicyclic) bond motifs is 1. The van der Waals surface area contributed by atoms with Gasteiger partial charge in [0.2, 0.25) is 0 Å². The summed E-state index contributed by atoms with van der Waals surface area (Å²) >= 11 is 5.98. The molecule has 1 N–H and O–H groups in total. The second-order valence-electron chi connectivity index (χ2n) is 5.73. The number of hydrogen-bond donors (Lipinski definition) is 1. The lowest BCUT2D eigenvalue weighted by Gasteiger charge is -2.25. The SMILES string of the molecule is COc1ccc(C(=O)COC(=O)C[C@@H]2Oc3ccccc3NC2=O)cc1Cl. The molecule has 1 heterocycles. The van der Waals surface area contributed by atoms with Gasteiger partial charge in [0.15, 0.2) is 18.5 Å². The lowest BCUT2D eigenvalue weighted by atomic mass is 10.1. The molecule has 0 saturated heterocycles. The maximum absolute atomic E-state index is 12.1. The second kappa shape index (κ2) is 8.09. The third-order valence-electron chi connectivity index (χ3n) is 3.90. The first-order chi connectivity index (χ1) is 13.0.